The molecule has 1 atom stereocenters. The first kappa shape index (κ1) is 20.3. The molecule has 0 aliphatic carbocycles. The molecule has 0 saturated carbocycles. The molecule has 1 N–H and O–H groups in total. The molecular formula is C21H24ClFN4O. The highest BCUT2D eigenvalue weighted by molar-refractivity contribution is 5.85. The first-order valence-electron chi connectivity index (χ1n) is 9.13. The van der Waals surface area contributed by atoms with Gasteiger partial charge in [-0.1, -0.05) is 18.2 Å². The summed E-state index contributed by atoms with van der Waals surface area (Å²) in [7, 11) is 2.04. The maximum atomic E-state index is 13.3. The van der Waals surface area contributed by atoms with Crippen LogP contribution in [0.1, 0.15) is 17.4 Å². The van der Waals surface area contributed by atoms with Gasteiger partial charge in [-0.2, -0.15) is 0 Å². The SMILES string of the molecule is Cl.Cn1ccnc1C1CNCCN1Cc1ccc(Oc2cccc(F)c2)cc1. The second-order valence-corrected chi connectivity index (χ2v) is 6.79. The Balaban J connectivity index is 0.00000225. The third-order valence-electron chi connectivity index (χ3n) is 4.85. The van der Waals surface area contributed by atoms with E-state index in [0.717, 1.165) is 32.0 Å². The summed E-state index contributed by atoms with van der Waals surface area (Å²) in [5, 5.41) is 3.46. The van der Waals surface area contributed by atoms with Crippen LogP contribution in [-0.4, -0.2) is 34.1 Å². The summed E-state index contributed by atoms with van der Waals surface area (Å²) < 4.78 is 21.1. The molecule has 1 unspecified atom stereocenters. The number of halogens is 2. The quantitative estimate of drug-likeness (QED) is 0.702. The molecule has 3 aromatic rings. The molecule has 4 rings (SSSR count). The molecule has 0 amide bonds. The van der Waals surface area contributed by atoms with Gasteiger partial charge in [0.05, 0.1) is 6.04 Å². The number of rotatable bonds is 5. The largest absolute Gasteiger partial charge is 0.457 e. The number of ether oxygens (including phenoxy) is 1. The fraction of sp³-hybridized carbons (Fsp3) is 0.286. The fourth-order valence-electron chi connectivity index (χ4n) is 3.45. The second-order valence-electron chi connectivity index (χ2n) is 6.79. The van der Waals surface area contributed by atoms with Crippen LogP contribution < -0.4 is 10.1 Å². The van der Waals surface area contributed by atoms with E-state index in [4.69, 9.17) is 4.74 Å². The Labute approximate surface area is 170 Å². The molecule has 0 radical (unpaired) electrons. The van der Waals surface area contributed by atoms with Crippen LogP contribution in [0.25, 0.3) is 0 Å². The molecule has 2 heterocycles. The van der Waals surface area contributed by atoms with Crippen LogP contribution in [0.3, 0.4) is 0 Å². The lowest BCUT2D eigenvalue weighted by Gasteiger charge is -2.35. The predicted molar refractivity (Wildman–Crippen MR) is 109 cm³/mol. The average Bonchev–Trinajstić information content (AvgIpc) is 3.10. The van der Waals surface area contributed by atoms with E-state index in [1.54, 1.807) is 12.1 Å². The van der Waals surface area contributed by atoms with Gasteiger partial charge in [0.15, 0.2) is 0 Å². The Kier molecular flexibility index (Phi) is 6.67. The van der Waals surface area contributed by atoms with E-state index >= 15 is 0 Å². The van der Waals surface area contributed by atoms with Crippen molar-refractivity contribution < 1.29 is 9.13 Å². The Morgan fingerprint density at radius 1 is 1.18 bits per heavy atom. The zero-order valence-electron chi connectivity index (χ0n) is 15.7. The van der Waals surface area contributed by atoms with E-state index in [1.807, 2.05) is 31.6 Å². The normalized spacial score (nSPS) is 17.1. The Morgan fingerprint density at radius 3 is 2.71 bits per heavy atom. The van der Waals surface area contributed by atoms with Gasteiger partial charge in [0.1, 0.15) is 23.1 Å². The Bertz CT molecular complexity index is 899. The monoisotopic (exact) mass is 402 g/mol. The van der Waals surface area contributed by atoms with Gasteiger partial charge in [0, 0.05) is 51.7 Å². The average molecular weight is 403 g/mol. The number of aromatic nitrogens is 2. The summed E-state index contributed by atoms with van der Waals surface area (Å²) in [6, 6.07) is 14.4. The summed E-state index contributed by atoms with van der Waals surface area (Å²) in [5.41, 5.74) is 1.21. The maximum Gasteiger partial charge on any atom is 0.130 e. The maximum absolute atomic E-state index is 13.3. The molecular weight excluding hydrogens is 379 g/mol. The second kappa shape index (κ2) is 9.19. The smallest absolute Gasteiger partial charge is 0.130 e. The van der Waals surface area contributed by atoms with Crippen molar-refractivity contribution in [1.82, 2.24) is 19.8 Å². The molecule has 1 aromatic heterocycles. The van der Waals surface area contributed by atoms with Crippen molar-refractivity contribution in [2.45, 2.75) is 12.6 Å². The lowest BCUT2D eigenvalue weighted by molar-refractivity contribution is 0.144. The highest BCUT2D eigenvalue weighted by atomic mass is 35.5. The number of hydrogen-bond acceptors (Lipinski definition) is 4. The number of benzene rings is 2. The van der Waals surface area contributed by atoms with Gasteiger partial charge in [-0.05, 0) is 29.8 Å². The zero-order valence-corrected chi connectivity index (χ0v) is 16.5. The van der Waals surface area contributed by atoms with E-state index in [-0.39, 0.29) is 24.3 Å². The molecule has 148 valence electrons. The van der Waals surface area contributed by atoms with E-state index < -0.39 is 0 Å². The molecule has 0 bridgehead atoms. The minimum absolute atomic E-state index is 0. The molecule has 1 aliphatic heterocycles. The van der Waals surface area contributed by atoms with Crippen molar-refractivity contribution in [3.05, 3.63) is 78.1 Å². The third-order valence-corrected chi connectivity index (χ3v) is 4.85. The molecule has 0 spiro atoms. The molecule has 1 fully saturated rings. The number of hydrogen-bond donors (Lipinski definition) is 1. The summed E-state index contributed by atoms with van der Waals surface area (Å²) in [4.78, 5) is 6.98. The van der Waals surface area contributed by atoms with Gasteiger partial charge >= 0.3 is 0 Å². The first-order chi connectivity index (χ1) is 13.2. The summed E-state index contributed by atoms with van der Waals surface area (Å²) in [5.74, 6) is 1.97. The molecule has 2 aromatic carbocycles. The van der Waals surface area contributed by atoms with Gasteiger partial charge in [0.25, 0.3) is 0 Å². The van der Waals surface area contributed by atoms with Gasteiger partial charge in [-0.3, -0.25) is 4.90 Å². The van der Waals surface area contributed by atoms with Crippen molar-refractivity contribution in [2.75, 3.05) is 19.6 Å². The standard InChI is InChI=1S/C21H23FN4O.ClH/c1-25-11-10-24-21(25)20-14-23-9-12-26(20)15-16-5-7-18(8-6-16)27-19-4-2-3-17(22)13-19;/h2-8,10-11,13,20,23H,9,12,14-15H2,1H3;1H. The number of imidazole rings is 1. The lowest BCUT2D eigenvalue weighted by atomic mass is 10.1. The van der Waals surface area contributed by atoms with Crippen molar-refractivity contribution >= 4 is 12.4 Å². The Hall–Kier alpha value is -2.41. The van der Waals surface area contributed by atoms with Crippen LogP contribution >= 0.6 is 12.4 Å². The van der Waals surface area contributed by atoms with Gasteiger partial charge in [-0.15, -0.1) is 12.4 Å². The van der Waals surface area contributed by atoms with Crippen molar-refractivity contribution in [1.29, 1.82) is 0 Å². The number of nitrogens with zero attached hydrogens (tertiary/aromatic N) is 3. The van der Waals surface area contributed by atoms with Gasteiger partial charge in [0.2, 0.25) is 0 Å². The van der Waals surface area contributed by atoms with Crippen LogP contribution in [0, 0.1) is 5.82 Å². The molecule has 1 aliphatic rings. The number of piperazine rings is 1. The molecule has 5 nitrogen and oxygen atoms in total. The van der Waals surface area contributed by atoms with E-state index in [9.17, 15) is 4.39 Å². The van der Waals surface area contributed by atoms with Crippen LogP contribution in [0.4, 0.5) is 4.39 Å². The van der Waals surface area contributed by atoms with Crippen molar-refractivity contribution in [3.63, 3.8) is 0 Å². The van der Waals surface area contributed by atoms with E-state index in [2.05, 4.69) is 31.9 Å². The lowest BCUT2D eigenvalue weighted by Crippen LogP contribution is -2.46. The molecule has 1 saturated heterocycles. The topological polar surface area (TPSA) is 42.3 Å². The minimum atomic E-state index is -0.303. The van der Waals surface area contributed by atoms with Crippen molar-refractivity contribution in [2.24, 2.45) is 7.05 Å². The van der Waals surface area contributed by atoms with Crippen LogP contribution in [0.2, 0.25) is 0 Å². The van der Waals surface area contributed by atoms with Gasteiger partial charge < -0.3 is 14.6 Å². The van der Waals surface area contributed by atoms with E-state index in [1.165, 1.54) is 17.7 Å². The third kappa shape index (κ3) is 4.70. The highest BCUT2D eigenvalue weighted by Crippen LogP contribution is 2.25. The first-order valence-corrected chi connectivity index (χ1v) is 9.13. The predicted octanol–water partition coefficient (Wildman–Crippen LogP) is 3.92. The summed E-state index contributed by atoms with van der Waals surface area (Å²) in [6.45, 7) is 3.69. The highest BCUT2D eigenvalue weighted by Gasteiger charge is 2.26. The summed E-state index contributed by atoms with van der Waals surface area (Å²) >= 11 is 0. The van der Waals surface area contributed by atoms with Gasteiger partial charge in [-0.25, -0.2) is 9.37 Å². The summed E-state index contributed by atoms with van der Waals surface area (Å²) in [6.07, 6.45) is 3.83. The molecule has 28 heavy (non-hydrogen) atoms. The van der Waals surface area contributed by atoms with Crippen molar-refractivity contribution in [3.8, 4) is 11.5 Å². The van der Waals surface area contributed by atoms with E-state index in [0.29, 0.717) is 11.5 Å². The number of aryl methyl sites for hydroxylation is 1. The van der Waals surface area contributed by atoms with Crippen LogP contribution in [0.5, 0.6) is 11.5 Å². The molecule has 7 heteroatoms. The Morgan fingerprint density at radius 2 is 2.00 bits per heavy atom. The zero-order chi connectivity index (χ0) is 18.6. The number of nitrogens with one attached hydrogen (secondary N) is 1. The van der Waals surface area contributed by atoms with Crippen LogP contribution in [0.15, 0.2) is 60.9 Å². The minimum Gasteiger partial charge on any atom is -0.457 e. The van der Waals surface area contributed by atoms with Crippen LogP contribution in [-0.2, 0) is 13.6 Å². The fourth-order valence-corrected chi connectivity index (χ4v) is 3.45.